The van der Waals surface area contributed by atoms with Gasteiger partial charge in [0.25, 0.3) is 5.91 Å². The van der Waals surface area contributed by atoms with Crippen LogP contribution in [0, 0.1) is 23.7 Å². The lowest BCUT2D eigenvalue weighted by atomic mass is 10.1. The number of nitriles is 1. The third-order valence-electron chi connectivity index (χ3n) is 2.36. The highest BCUT2D eigenvalue weighted by atomic mass is 16.2. The van der Waals surface area contributed by atoms with E-state index in [0.29, 0.717) is 5.56 Å². The number of terminal acetylenes is 1. The molecule has 0 spiro atoms. The Kier molecular flexibility index (Phi) is 5.28. The van der Waals surface area contributed by atoms with E-state index in [1.165, 1.54) is 4.90 Å². The lowest BCUT2D eigenvalue weighted by Gasteiger charge is -2.18. The third kappa shape index (κ3) is 3.26. The molecule has 0 aliphatic carbocycles. The largest absolute Gasteiger partial charge is 0.385 e. The molecular weight excluding hydrogens is 226 g/mol. The van der Waals surface area contributed by atoms with Crippen LogP contribution >= 0.6 is 0 Å². The van der Waals surface area contributed by atoms with Crippen molar-refractivity contribution >= 4 is 11.6 Å². The van der Waals surface area contributed by atoms with E-state index in [0.717, 1.165) is 12.2 Å². The van der Waals surface area contributed by atoms with Gasteiger partial charge in [-0.05, 0) is 19.1 Å². The van der Waals surface area contributed by atoms with Gasteiger partial charge < -0.3 is 10.2 Å². The predicted molar refractivity (Wildman–Crippen MR) is 71.0 cm³/mol. The number of carbonyl (C=O) groups is 1. The van der Waals surface area contributed by atoms with E-state index in [1.807, 2.05) is 25.1 Å². The Balaban J connectivity index is 3.01. The van der Waals surface area contributed by atoms with Crippen molar-refractivity contribution in [1.29, 1.82) is 5.26 Å². The van der Waals surface area contributed by atoms with Crippen LogP contribution < -0.4 is 5.32 Å². The van der Waals surface area contributed by atoms with Crippen molar-refractivity contribution in [3.63, 3.8) is 0 Å². The van der Waals surface area contributed by atoms with E-state index in [2.05, 4.69) is 11.2 Å². The number of para-hydroxylation sites is 1. The van der Waals surface area contributed by atoms with Gasteiger partial charge in [0, 0.05) is 12.2 Å². The molecule has 0 aromatic heterocycles. The minimum absolute atomic E-state index is 0.0104. The van der Waals surface area contributed by atoms with Gasteiger partial charge >= 0.3 is 0 Å². The molecule has 0 bridgehead atoms. The number of nitrogens with zero attached hydrogens (tertiary/aromatic N) is 2. The number of amides is 1. The topological polar surface area (TPSA) is 56.1 Å². The number of rotatable bonds is 5. The average Bonchev–Trinajstić information content (AvgIpc) is 2.39. The van der Waals surface area contributed by atoms with Crippen molar-refractivity contribution in [3.8, 4) is 18.4 Å². The Morgan fingerprint density at radius 1 is 1.44 bits per heavy atom. The van der Waals surface area contributed by atoms with Crippen molar-refractivity contribution in [3.05, 3.63) is 29.8 Å². The van der Waals surface area contributed by atoms with Gasteiger partial charge in [0.05, 0.1) is 18.2 Å². The molecule has 0 unspecified atom stereocenters. The Morgan fingerprint density at radius 2 is 2.17 bits per heavy atom. The fraction of sp³-hybridized carbons (Fsp3) is 0.286. The first-order valence-electron chi connectivity index (χ1n) is 5.67. The summed E-state index contributed by atoms with van der Waals surface area (Å²) in [5.74, 6) is 2.16. The summed E-state index contributed by atoms with van der Waals surface area (Å²) in [6, 6.07) is 9.14. The molecule has 0 radical (unpaired) electrons. The van der Waals surface area contributed by atoms with Crippen molar-refractivity contribution in [2.24, 2.45) is 0 Å². The van der Waals surface area contributed by atoms with Gasteiger partial charge in [0.15, 0.2) is 0 Å². The minimum atomic E-state index is -0.231. The van der Waals surface area contributed by atoms with Crippen LogP contribution in [0.2, 0.25) is 0 Å². The van der Waals surface area contributed by atoms with E-state index in [4.69, 9.17) is 11.7 Å². The highest BCUT2D eigenvalue weighted by Gasteiger charge is 2.17. The molecule has 18 heavy (non-hydrogen) atoms. The molecule has 0 heterocycles. The van der Waals surface area contributed by atoms with E-state index in [-0.39, 0.29) is 19.0 Å². The van der Waals surface area contributed by atoms with Gasteiger partial charge in [-0.25, -0.2) is 0 Å². The molecule has 0 fully saturated rings. The molecule has 0 aliphatic heterocycles. The predicted octanol–water partition coefficient (Wildman–Crippen LogP) is 1.72. The fourth-order valence-electron chi connectivity index (χ4n) is 1.58. The summed E-state index contributed by atoms with van der Waals surface area (Å²) >= 11 is 0. The second-order valence-corrected chi connectivity index (χ2v) is 3.60. The quantitative estimate of drug-likeness (QED) is 0.630. The summed E-state index contributed by atoms with van der Waals surface area (Å²) in [4.78, 5) is 13.6. The molecular formula is C14H15N3O. The molecule has 1 amide bonds. The zero-order valence-corrected chi connectivity index (χ0v) is 10.3. The highest BCUT2D eigenvalue weighted by molar-refractivity contribution is 5.99. The second kappa shape index (κ2) is 6.98. The van der Waals surface area contributed by atoms with Crippen LogP contribution in [0.5, 0.6) is 0 Å². The Labute approximate surface area is 107 Å². The van der Waals surface area contributed by atoms with Crippen LogP contribution in [0.4, 0.5) is 5.69 Å². The van der Waals surface area contributed by atoms with Crippen LogP contribution in [-0.4, -0.2) is 30.4 Å². The molecule has 4 heteroatoms. The Bertz CT molecular complexity index is 480. The zero-order valence-electron chi connectivity index (χ0n) is 10.3. The molecule has 92 valence electrons. The van der Waals surface area contributed by atoms with E-state index in [9.17, 15) is 4.79 Å². The lowest BCUT2D eigenvalue weighted by molar-refractivity contribution is 0.0796. The normalized spacial score (nSPS) is 9.06. The Morgan fingerprint density at radius 3 is 2.78 bits per heavy atom. The van der Waals surface area contributed by atoms with Crippen LogP contribution in [0.1, 0.15) is 17.3 Å². The summed E-state index contributed by atoms with van der Waals surface area (Å²) in [5.41, 5.74) is 1.29. The summed E-state index contributed by atoms with van der Waals surface area (Å²) in [5, 5.41) is 11.8. The van der Waals surface area contributed by atoms with Crippen LogP contribution in [0.3, 0.4) is 0 Å². The molecule has 1 aromatic rings. The minimum Gasteiger partial charge on any atom is -0.385 e. The second-order valence-electron chi connectivity index (χ2n) is 3.60. The number of benzene rings is 1. The maximum absolute atomic E-state index is 12.3. The summed E-state index contributed by atoms with van der Waals surface area (Å²) < 4.78 is 0. The summed E-state index contributed by atoms with van der Waals surface area (Å²) in [6.45, 7) is 2.80. The van der Waals surface area contributed by atoms with Crippen LogP contribution in [0.15, 0.2) is 24.3 Å². The highest BCUT2D eigenvalue weighted by Crippen LogP contribution is 2.16. The smallest absolute Gasteiger partial charge is 0.257 e. The third-order valence-corrected chi connectivity index (χ3v) is 2.36. The number of anilines is 1. The summed E-state index contributed by atoms with van der Waals surface area (Å²) in [6.07, 6.45) is 5.20. The van der Waals surface area contributed by atoms with Crippen molar-refractivity contribution in [1.82, 2.24) is 4.90 Å². The van der Waals surface area contributed by atoms with Gasteiger partial charge in [0.1, 0.15) is 6.54 Å². The first kappa shape index (κ1) is 13.6. The van der Waals surface area contributed by atoms with Crippen molar-refractivity contribution in [2.75, 3.05) is 25.0 Å². The molecule has 0 atom stereocenters. The average molecular weight is 241 g/mol. The molecule has 0 aliphatic rings. The maximum Gasteiger partial charge on any atom is 0.257 e. The number of hydrogen-bond donors (Lipinski definition) is 1. The molecule has 1 rings (SSSR count). The van der Waals surface area contributed by atoms with E-state index < -0.39 is 0 Å². The van der Waals surface area contributed by atoms with Crippen LogP contribution in [0.25, 0.3) is 0 Å². The molecule has 4 nitrogen and oxygen atoms in total. The first-order valence-corrected chi connectivity index (χ1v) is 5.67. The maximum atomic E-state index is 12.3. The fourth-order valence-corrected chi connectivity index (χ4v) is 1.58. The van der Waals surface area contributed by atoms with Gasteiger partial charge in [-0.3, -0.25) is 4.79 Å². The van der Waals surface area contributed by atoms with Gasteiger partial charge in [0.2, 0.25) is 0 Å². The zero-order chi connectivity index (χ0) is 13.4. The van der Waals surface area contributed by atoms with Crippen LogP contribution in [-0.2, 0) is 0 Å². The number of nitrogens with one attached hydrogen (secondary N) is 1. The number of carbonyl (C=O) groups excluding carboxylic acids is 1. The van der Waals surface area contributed by atoms with Gasteiger partial charge in [-0.2, -0.15) is 5.26 Å². The first-order chi connectivity index (χ1) is 8.74. The monoisotopic (exact) mass is 241 g/mol. The lowest BCUT2D eigenvalue weighted by Crippen LogP contribution is -2.32. The van der Waals surface area contributed by atoms with Crippen molar-refractivity contribution < 1.29 is 4.79 Å². The van der Waals surface area contributed by atoms with Crippen molar-refractivity contribution in [2.45, 2.75) is 6.92 Å². The molecule has 1 N–H and O–H groups in total. The SMILES string of the molecule is C#CCN(CC#N)C(=O)c1ccccc1NCC. The van der Waals surface area contributed by atoms with Gasteiger partial charge in [-0.1, -0.05) is 18.1 Å². The summed E-state index contributed by atoms with van der Waals surface area (Å²) in [7, 11) is 0. The molecule has 0 saturated heterocycles. The molecule has 1 aromatic carbocycles. The van der Waals surface area contributed by atoms with E-state index >= 15 is 0 Å². The molecule has 0 saturated carbocycles. The van der Waals surface area contributed by atoms with E-state index in [1.54, 1.807) is 12.1 Å². The standard InChI is InChI=1S/C14H15N3O/c1-3-10-17(11-9-15)14(18)12-7-5-6-8-13(12)16-4-2/h1,5-8,16H,4,10-11H2,2H3. The van der Waals surface area contributed by atoms with Gasteiger partial charge in [-0.15, -0.1) is 6.42 Å². The Hall–Kier alpha value is -2.46. The number of hydrogen-bond acceptors (Lipinski definition) is 3.